The molecule has 0 radical (unpaired) electrons. The Morgan fingerprint density at radius 1 is 1.09 bits per heavy atom. The minimum Gasteiger partial charge on any atom is -0.506 e. The van der Waals surface area contributed by atoms with Gasteiger partial charge in [0.1, 0.15) is 28.9 Å². The molecule has 1 aliphatic rings. The first-order chi connectivity index (χ1) is 16.5. The molecule has 0 bridgehead atoms. The van der Waals surface area contributed by atoms with Crippen molar-refractivity contribution in [1.29, 1.82) is 0 Å². The van der Waals surface area contributed by atoms with Crippen LogP contribution >= 0.6 is 0 Å². The van der Waals surface area contributed by atoms with Crippen molar-refractivity contribution in [3.8, 4) is 34.1 Å². The maximum atomic E-state index is 15.0. The first kappa shape index (κ1) is 23.2. The largest absolute Gasteiger partial charge is 0.506 e. The van der Waals surface area contributed by atoms with Gasteiger partial charge in [-0.05, 0) is 58.9 Å². The molecule has 1 saturated heterocycles. The van der Waals surface area contributed by atoms with Crippen LogP contribution in [-0.4, -0.2) is 53.0 Å². The van der Waals surface area contributed by atoms with Gasteiger partial charge < -0.3 is 19.6 Å². The summed E-state index contributed by atoms with van der Waals surface area (Å²) in [7, 11) is 0. The van der Waals surface area contributed by atoms with Crippen molar-refractivity contribution in [2.75, 3.05) is 0 Å². The van der Waals surface area contributed by atoms with Gasteiger partial charge in [0.25, 0.3) is 0 Å². The van der Waals surface area contributed by atoms with E-state index in [1.165, 1.54) is 0 Å². The summed E-state index contributed by atoms with van der Waals surface area (Å²) in [6, 6.07) is 8.79. The molecule has 0 spiro atoms. The number of piperidine rings is 1. The van der Waals surface area contributed by atoms with Crippen LogP contribution in [0.5, 0.6) is 11.6 Å². The first-order valence-corrected chi connectivity index (χ1v) is 11.6. The summed E-state index contributed by atoms with van der Waals surface area (Å²) in [4.78, 5) is 8.85. The number of alkyl halides is 1. The topological polar surface area (TPSA) is 97.5 Å². The van der Waals surface area contributed by atoms with E-state index in [1.807, 2.05) is 63.5 Å². The predicted octanol–water partition coefficient (Wildman–Crippen LogP) is 4.50. The molecule has 0 aliphatic carbocycles. The zero-order valence-corrected chi connectivity index (χ0v) is 20.5. The number of fused-ring (bicyclic) bond motifs is 1. The average molecular weight is 477 g/mol. The fourth-order valence-corrected chi connectivity index (χ4v) is 4.93. The molecule has 9 heteroatoms. The van der Waals surface area contributed by atoms with Gasteiger partial charge in [0, 0.05) is 53.3 Å². The highest BCUT2D eigenvalue weighted by molar-refractivity contribution is 5.71. The number of nitrogens with zero attached hydrogens (tertiary/aromatic N) is 5. The minimum atomic E-state index is -1.21. The smallest absolute Gasteiger partial charge is 0.233 e. The van der Waals surface area contributed by atoms with Crippen LogP contribution in [0.15, 0.2) is 48.9 Å². The third kappa shape index (κ3) is 4.55. The van der Waals surface area contributed by atoms with Crippen molar-refractivity contribution in [3.05, 3.63) is 54.6 Å². The minimum absolute atomic E-state index is 0.0157. The number of hydrogen-bond acceptors (Lipinski definition) is 7. The first-order valence-electron chi connectivity index (χ1n) is 11.6. The van der Waals surface area contributed by atoms with E-state index in [9.17, 15) is 5.11 Å². The van der Waals surface area contributed by atoms with Crippen molar-refractivity contribution in [1.82, 2.24) is 29.9 Å². The normalized spacial score (nSPS) is 21.2. The second kappa shape index (κ2) is 8.27. The van der Waals surface area contributed by atoms with Crippen molar-refractivity contribution in [2.24, 2.45) is 0 Å². The van der Waals surface area contributed by atoms with E-state index in [4.69, 9.17) is 4.74 Å². The number of nitrogens with one attached hydrogen (secondary N) is 1. The second-order valence-electron chi connectivity index (χ2n) is 10.4. The molecule has 0 saturated carbocycles. The summed E-state index contributed by atoms with van der Waals surface area (Å²) in [6.45, 7) is 9.65. The lowest BCUT2D eigenvalue weighted by Gasteiger charge is -2.48. The van der Waals surface area contributed by atoms with Gasteiger partial charge in [0.2, 0.25) is 5.88 Å². The standard InChI is InChI=1S/C26H29FN6O2/c1-15-13-33-14-16(6-8-21(33)29-15)17-10-19(34)23(28-12-17)18-7-9-22(31-30-18)35-20-11-25(2,3)32-26(4,5)24(20)27/h6-10,12-14,20,24,32,34H,11H2,1-5H3/t20-,24-/m0/s1. The SMILES string of the molecule is Cc1cn2cc(-c3cnc(-c4ccc(O[C@H]5CC(C)(C)NC(C)(C)[C@H]5F)nn4)c(O)c3)ccc2n1. The number of hydrogen-bond donors (Lipinski definition) is 2. The Morgan fingerprint density at radius 2 is 1.89 bits per heavy atom. The Bertz CT molecular complexity index is 1380. The van der Waals surface area contributed by atoms with E-state index in [-0.39, 0.29) is 17.2 Å². The third-order valence-corrected chi connectivity index (χ3v) is 6.32. The number of ether oxygens (including phenoxy) is 1. The highest BCUT2D eigenvalue weighted by Gasteiger charge is 2.47. The van der Waals surface area contributed by atoms with E-state index in [0.717, 1.165) is 22.5 Å². The molecule has 1 aliphatic heterocycles. The Morgan fingerprint density at radius 3 is 2.60 bits per heavy atom. The quantitative estimate of drug-likeness (QED) is 0.447. The molecule has 0 amide bonds. The van der Waals surface area contributed by atoms with Gasteiger partial charge in [-0.2, -0.15) is 0 Å². The summed E-state index contributed by atoms with van der Waals surface area (Å²) < 4.78 is 22.9. The fraction of sp³-hybridized carbons (Fsp3) is 0.385. The lowest BCUT2D eigenvalue weighted by Crippen LogP contribution is -2.66. The number of rotatable bonds is 4. The van der Waals surface area contributed by atoms with Gasteiger partial charge in [0.15, 0.2) is 6.17 Å². The van der Waals surface area contributed by atoms with E-state index in [2.05, 4.69) is 25.5 Å². The van der Waals surface area contributed by atoms with Crippen LogP contribution < -0.4 is 10.1 Å². The van der Waals surface area contributed by atoms with Gasteiger partial charge >= 0.3 is 0 Å². The number of aromatic hydroxyl groups is 1. The van der Waals surface area contributed by atoms with Gasteiger partial charge in [0.05, 0.1) is 5.69 Å². The molecule has 35 heavy (non-hydrogen) atoms. The zero-order valence-electron chi connectivity index (χ0n) is 20.5. The molecule has 2 N–H and O–H groups in total. The summed E-state index contributed by atoms with van der Waals surface area (Å²) in [5.74, 6) is 0.216. The molecule has 0 aromatic carbocycles. The van der Waals surface area contributed by atoms with Gasteiger partial charge in [-0.15, -0.1) is 10.2 Å². The molecular formula is C26H29FN6O2. The maximum absolute atomic E-state index is 15.0. The Kier molecular flexibility index (Phi) is 5.47. The van der Waals surface area contributed by atoms with Crippen LogP contribution in [0.3, 0.4) is 0 Å². The van der Waals surface area contributed by atoms with E-state index >= 15 is 4.39 Å². The molecule has 182 valence electrons. The highest BCUT2D eigenvalue weighted by atomic mass is 19.1. The highest BCUT2D eigenvalue weighted by Crippen LogP contribution is 2.34. The van der Waals surface area contributed by atoms with Crippen LogP contribution in [0.1, 0.15) is 39.8 Å². The molecule has 0 unspecified atom stereocenters. The lowest BCUT2D eigenvalue weighted by molar-refractivity contribution is -0.0281. The third-order valence-electron chi connectivity index (χ3n) is 6.32. The molecular weight excluding hydrogens is 447 g/mol. The molecule has 1 fully saturated rings. The number of aromatic nitrogens is 5. The number of halogens is 1. The van der Waals surface area contributed by atoms with E-state index in [0.29, 0.717) is 17.8 Å². The summed E-state index contributed by atoms with van der Waals surface area (Å²) >= 11 is 0. The van der Waals surface area contributed by atoms with Crippen LogP contribution in [-0.2, 0) is 0 Å². The summed E-state index contributed by atoms with van der Waals surface area (Å²) in [5, 5.41) is 22.3. The molecule has 8 nitrogen and oxygen atoms in total. The predicted molar refractivity (Wildman–Crippen MR) is 131 cm³/mol. The fourth-order valence-electron chi connectivity index (χ4n) is 4.93. The maximum Gasteiger partial charge on any atom is 0.233 e. The molecule has 5 rings (SSSR count). The Labute approximate surface area is 203 Å². The zero-order chi connectivity index (χ0) is 25.0. The monoisotopic (exact) mass is 476 g/mol. The number of aryl methyl sites for hydroxylation is 1. The molecule has 4 aromatic heterocycles. The van der Waals surface area contributed by atoms with Crippen LogP contribution in [0.25, 0.3) is 28.2 Å². The van der Waals surface area contributed by atoms with Gasteiger partial charge in [-0.25, -0.2) is 14.4 Å². The Balaban J connectivity index is 1.35. The second-order valence-corrected chi connectivity index (χ2v) is 10.4. The van der Waals surface area contributed by atoms with Crippen molar-refractivity contribution >= 4 is 5.65 Å². The molecule has 4 aromatic rings. The summed E-state index contributed by atoms with van der Waals surface area (Å²) in [6.07, 6.45) is 4.20. The van der Waals surface area contributed by atoms with Crippen LogP contribution in [0.4, 0.5) is 4.39 Å². The van der Waals surface area contributed by atoms with Gasteiger partial charge in [-0.1, -0.05) is 0 Å². The van der Waals surface area contributed by atoms with Crippen LogP contribution in [0, 0.1) is 6.92 Å². The molecule has 2 atom stereocenters. The van der Waals surface area contributed by atoms with Crippen LogP contribution in [0.2, 0.25) is 0 Å². The Hall–Kier alpha value is -3.59. The van der Waals surface area contributed by atoms with E-state index < -0.39 is 17.8 Å². The van der Waals surface area contributed by atoms with Crippen molar-refractivity contribution < 1.29 is 14.2 Å². The van der Waals surface area contributed by atoms with Crippen molar-refractivity contribution in [3.63, 3.8) is 0 Å². The van der Waals surface area contributed by atoms with E-state index in [1.54, 1.807) is 24.4 Å². The lowest BCUT2D eigenvalue weighted by atomic mass is 9.79. The molecule has 5 heterocycles. The van der Waals surface area contributed by atoms with Gasteiger partial charge in [-0.3, -0.25) is 0 Å². The number of imidazole rings is 1. The average Bonchev–Trinajstić information content (AvgIpc) is 3.16. The number of pyridine rings is 2. The van der Waals surface area contributed by atoms with Crippen molar-refractivity contribution in [2.45, 2.75) is 64.4 Å². The summed E-state index contributed by atoms with van der Waals surface area (Å²) in [5.41, 5.74) is 3.14.